The van der Waals surface area contributed by atoms with Crippen LogP contribution >= 0.6 is 11.3 Å². The maximum absolute atomic E-state index is 4.84. The lowest BCUT2D eigenvalue weighted by Gasteiger charge is -2.17. The van der Waals surface area contributed by atoms with Crippen molar-refractivity contribution >= 4 is 33.0 Å². The lowest BCUT2D eigenvalue weighted by molar-refractivity contribution is 0.944. The molecule has 1 aliphatic heterocycles. The van der Waals surface area contributed by atoms with E-state index in [2.05, 4.69) is 39.1 Å². The van der Waals surface area contributed by atoms with E-state index >= 15 is 0 Å². The van der Waals surface area contributed by atoms with Crippen molar-refractivity contribution in [3.63, 3.8) is 0 Å². The summed E-state index contributed by atoms with van der Waals surface area (Å²) in [5.74, 6) is 1.16. The van der Waals surface area contributed by atoms with Gasteiger partial charge in [0.1, 0.15) is 4.83 Å². The summed E-state index contributed by atoms with van der Waals surface area (Å²) < 4.78 is 2.26. The average molecular weight is 243 g/mol. The first-order valence-electron chi connectivity index (χ1n) is 6.03. The highest BCUT2D eigenvalue weighted by Crippen LogP contribution is 2.29. The third-order valence-electron chi connectivity index (χ3n) is 3.48. The molecular weight excluding hydrogens is 230 g/mol. The zero-order valence-corrected chi connectivity index (χ0v) is 10.3. The molecule has 0 bridgehead atoms. The van der Waals surface area contributed by atoms with Gasteiger partial charge in [0.2, 0.25) is 0 Å². The van der Waals surface area contributed by atoms with Crippen molar-refractivity contribution in [3.05, 3.63) is 29.8 Å². The van der Waals surface area contributed by atoms with E-state index in [0.29, 0.717) is 0 Å². The number of aromatic nitrogens is 2. The quantitative estimate of drug-likeness (QED) is 0.654. The van der Waals surface area contributed by atoms with Crippen LogP contribution in [0.5, 0.6) is 0 Å². The molecule has 4 rings (SSSR count). The molecule has 86 valence electrons. The van der Waals surface area contributed by atoms with Crippen molar-refractivity contribution in [1.82, 2.24) is 9.38 Å². The van der Waals surface area contributed by atoms with Gasteiger partial charge in [-0.05, 0) is 36.4 Å². The molecule has 3 aromatic rings. The van der Waals surface area contributed by atoms with E-state index in [4.69, 9.17) is 4.98 Å². The molecule has 3 nitrogen and oxygen atoms in total. The molecule has 0 saturated carbocycles. The van der Waals surface area contributed by atoms with E-state index in [1.54, 1.807) is 11.3 Å². The second kappa shape index (κ2) is 3.47. The fraction of sp³-hybridized carbons (Fsp3) is 0.308. The van der Waals surface area contributed by atoms with Crippen molar-refractivity contribution in [2.45, 2.75) is 12.8 Å². The van der Waals surface area contributed by atoms with Crippen molar-refractivity contribution < 1.29 is 0 Å². The second-order valence-corrected chi connectivity index (χ2v) is 5.40. The maximum Gasteiger partial charge on any atom is 0.154 e. The van der Waals surface area contributed by atoms with Crippen LogP contribution in [0.25, 0.3) is 15.9 Å². The number of anilines is 1. The molecule has 0 atom stereocenters. The van der Waals surface area contributed by atoms with Crippen LogP contribution in [-0.2, 0) is 0 Å². The van der Waals surface area contributed by atoms with Gasteiger partial charge in [-0.25, -0.2) is 4.98 Å². The Balaban J connectivity index is 2.06. The Kier molecular flexibility index (Phi) is 1.93. The van der Waals surface area contributed by atoms with E-state index in [-0.39, 0.29) is 0 Å². The molecule has 3 aromatic heterocycles. The molecule has 0 N–H and O–H groups in total. The van der Waals surface area contributed by atoms with Gasteiger partial charge in [0.15, 0.2) is 5.82 Å². The predicted molar refractivity (Wildman–Crippen MR) is 72.0 cm³/mol. The van der Waals surface area contributed by atoms with Crippen LogP contribution in [0.2, 0.25) is 0 Å². The number of hydrogen-bond donors (Lipinski definition) is 0. The molecule has 17 heavy (non-hydrogen) atoms. The smallest absolute Gasteiger partial charge is 0.154 e. The topological polar surface area (TPSA) is 20.5 Å². The van der Waals surface area contributed by atoms with Gasteiger partial charge in [0, 0.05) is 19.3 Å². The minimum Gasteiger partial charge on any atom is -0.355 e. The Morgan fingerprint density at radius 2 is 2.00 bits per heavy atom. The summed E-state index contributed by atoms with van der Waals surface area (Å²) >= 11 is 1.72. The number of fused-ring (bicyclic) bond motifs is 3. The SMILES string of the molecule is c1cc2c(N3CCCC3)nc3sccc3n2c1. The van der Waals surface area contributed by atoms with Crippen molar-refractivity contribution in [1.29, 1.82) is 0 Å². The van der Waals surface area contributed by atoms with Crippen LogP contribution in [-0.4, -0.2) is 22.5 Å². The van der Waals surface area contributed by atoms with Gasteiger partial charge < -0.3 is 9.30 Å². The van der Waals surface area contributed by atoms with Crippen LogP contribution < -0.4 is 4.90 Å². The Morgan fingerprint density at radius 1 is 1.12 bits per heavy atom. The predicted octanol–water partition coefficient (Wildman–Crippen LogP) is 3.15. The van der Waals surface area contributed by atoms with Gasteiger partial charge in [-0.1, -0.05) is 0 Å². The van der Waals surface area contributed by atoms with Crippen LogP contribution in [0.3, 0.4) is 0 Å². The molecule has 0 aromatic carbocycles. The summed E-state index contributed by atoms with van der Waals surface area (Å²) in [5.41, 5.74) is 2.45. The zero-order valence-electron chi connectivity index (χ0n) is 9.47. The number of rotatable bonds is 1. The minimum absolute atomic E-state index is 1.13. The first-order chi connectivity index (χ1) is 8.43. The third kappa shape index (κ3) is 1.30. The van der Waals surface area contributed by atoms with E-state index in [1.165, 1.54) is 23.9 Å². The Labute approximate surface area is 103 Å². The van der Waals surface area contributed by atoms with Crippen molar-refractivity contribution in [2.24, 2.45) is 0 Å². The summed E-state index contributed by atoms with van der Waals surface area (Å²) in [6.07, 6.45) is 4.71. The van der Waals surface area contributed by atoms with Gasteiger partial charge in [-0.2, -0.15) is 0 Å². The molecule has 4 heteroatoms. The molecule has 0 amide bonds. The van der Waals surface area contributed by atoms with Gasteiger partial charge in [0.05, 0.1) is 11.0 Å². The van der Waals surface area contributed by atoms with E-state index in [9.17, 15) is 0 Å². The van der Waals surface area contributed by atoms with Crippen molar-refractivity contribution in [2.75, 3.05) is 18.0 Å². The monoisotopic (exact) mass is 243 g/mol. The molecule has 1 aliphatic rings. The Bertz CT molecular complexity index is 676. The largest absolute Gasteiger partial charge is 0.355 e. The van der Waals surface area contributed by atoms with Crippen LogP contribution in [0.15, 0.2) is 29.8 Å². The number of nitrogens with zero attached hydrogens (tertiary/aromatic N) is 3. The number of thiophene rings is 1. The first-order valence-corrected chi connectivity index (χ1v) is 6.91. The lowest BCUT2D eigenvalue weighted by atomic mass is 10.4. The van der Waals surface area contributed by atoms with E-state index in [1.807, 2.05) is 0 Å². The molecular formula is C13H13N3S. The van der Waals surface area contributed by atoms with Crippen LogP contribution in [0, 0.1) is 0 Å². The molecule has 0 spiro atoms. The number of hydrogen-bond acceptors (Lipinski definition) is 3. The standard InChI is InChI=1S/C13H13N3S/c1-2-7-15(6-1)12-10-4-3-8-16(10)11-5-9-17-13(11)14-12/h3-5,8-9H,1-2,6-7H2. The van der Waals surface area contributed by atoms with Gasteiger partial charge in [-0.3, -0.25) is 0 Å². The fourth-order valence-electron chi connectivity index (χ4n) is 2.65. The van der Waals surface area contributed by atoms with Gasteiger partial charge in [0.25, 0.3) is 0 Å². The highest BCUT2D eigenvalue weighted by molar-refractivity contribution is 7.16. The summed E-state index contributed by atoms with van der Waals surface area (Å²) in [5, 5.41) is 2.12. The Morgan fingerprint density at radius 3 is 2.88 bits per heavy atom. The highest BCUT2D eigenvalue weighted by atomic mass is 32.1. The molecule has 4 heterocycles. The van der Waals surface area contributed by atoms with Crippen LogP contribution in [0.4, 0.5) is 5.82 Å². The highest BCUT2D eigenvalue weighted by Gasteiger charge is 2.18. The third-order valence-corrected chi connectivity index (χ3v) is 4.27. The molecule has 1 saturated heterocycles. The molecule has 0 aliphatic carbocycles. The molecule has 1 fully saturated rings. The summed E-state index contributed by atoms with van der Waals surface area (Å²) in [7, 11) is 0. The Hall–Kier alpha value is -1.55. The van der Waals surface area contributed by atoms with Crippen molar-refractivity contribution in [3.8, 4) is 0 Å². The second-order valence-electron chi connectivity index (χ2n) is 4.50. The normalized spacial score (nSPS) is 16.4. The molecule has 0 radical (unpaired) electrons. The van der Waals surface area contributed by atoms with Crippen LogP contribution in [0.1, 0.15) is 12.8 Å². The minimum atomic E-state index is 1.13. The average Bonchev–Trinajstić information content (AvgIpc) is 3.09. The lowest BCUT2D eigenvalue weighted by Crippen LogP contribution is -2.19. The summed E-state index contributed by atoms with van der Waals surface area (Å²) in [6, 6.07) is 6.42. The van der Waals surface area contributed by atoms with E-state index in [0.717, 1.165) is 23.7 Å². The van der Waals surface area contributed by atoms with Gasteiger partial charge in [-0.15, -0.1) is 11.3 Å². The van der Waals surface area contributed by atoms with E-state index < -0.39 is 0 Å². The summed E-state index contributed by atoms with van der Waals surface area (Å²) in [6.45, 7) is 2.29. The maximum atomic E-state index is 4.84. The van der Waals surface area contributed by atoms with Gasteiger partial charge >= 0.3 is 0 Å². The molecule has 0 unspecified atom stereocenters. The summed E-state index contributed by atoms with van der Waals surface area (Å²) in [4.78, 5) is 8.39. The first kappa shape index (κ1) is 9.48. The zero-order chi connectivity index (χ0) is 11.2. The fourth-order valence-corrected chi connectivity index (χ4v) is 3.40.